The van der Waals surface area contributed by atoms with Crippen molar-refractivity contribution >= 4 is 11.9 Å². The maximum atomic E-state index is 13.2. The van der Waals surface area contributed by atoms with Crippen LogP contribution >= 0.6 is 0 Å². The second kappa shape index (κ2) is 6.95. The van der Waals surface area contributed by atoms with Crippen LogP contribution in [0.3, 0.4) is 0 Å². The number of carbonyl (C=O) groups is 2. The molecule has 4 rings (SSSR count). The number of nitrogens with one attached hydrogen (secondary N) is 1. The zero-order valence-corrected chi connectivity index (χ0v) is 17.1. The van der Waals surface area contributed by atoms with Gasteiger partial charge in [-0.3, -0.25) is 9.69 Å². The van der Waals surface area contributed by atoms with Gasteiger partial charge in [0.2, 0.25) is 11.7 Å². The van der Waals surface area contributed by atoms with Crippen LogP contribution < -0.4 is 11.1 Å². The van der Waals surface area contributed by atoms with Gasteiger partial charge in [-0.05, 0) is 36.2 Å². The molecule has 0 bridgehead atoms. The summed E-state index contributed by atoms with van der Waals surface area (Å²) in [5.41, 5.74) is 6.57. The third-order valence-electron chi connectivity index (χ3n) is 5.83. The molecule has 29 heavy (non-hydrogen) atoms. The maximum Gasteiger partial charge on any atom is 0.325 e. The number of amides is 3. The molecule has 1 spiro atoms. The van der Waals surface area contributed by atoms with E-state index in [2.05, 4.69) is 36.2 Å². The lowest BCUT2D eigenvalue weighted by molar-refractivity contribution is -0.135. The largest absolute Gasteiger partial charge is 0.337 e. The van der Waals surface area contributed by atoms with Crippen LogP contribution in [0.25, 0.3) is 11.4 Å². The molecule has 1 saturated carbocycles. The van der Waals surface area contributed by atoms with Crippen molar-refractivity contribution in [1.29, 1.82) is 0 Å². The molecule has 2 aliphatic rings. The van der Waals surface area contributed by atoms with Crippen molar-refractivity contribution in [2.75, 3.05) is 0 Å². The zero-order chi connectivity index (χ0) is 20.8. The summed E-state index contributed by atoms with van der Waals surface area (Å²) in [7, 11) is 0. The summed E-state index contributed by atoms with van der Waals surface area (Å²) in [6.45, 7) is 6.85. The van der Waals surface area contributed by atoms with Gasteiger partial charge in [0.25, 0.3) is 5.91 Å². The van der Waals surface area contributed by atoms with Crippen molar-refractivity contribution in [3.05, 3.63) is 35.7 Å². The molecule has 3 amide bonds. The van der Waals surface area contributed by atoms with Gasteiger partial charge < -0.3 is 15.6 Å². The summed E-state index contributed by atoms with van der Waals surface area (Å²) >= 11 is 0. The molecule has 8 heteroatoms. The van der Waals surface area contributed by atoms with Crippen LogP contribution in [-0.4, -0.2) is 32.5 Å². The van der Waals surface area contributed by atoms with Crippen LogP contribution in [-0.2, 0) is 17.9 Å². The Morgan fingerprint density at radius 3 is 2.62 bits per heavy atom. The van der Waals surface area contributed by atoms with Crippen LogP contribution in [0.1, 0.15) is 51.5 Å². The highest BCUT2D eigenvalue weighted by Gasteiger charge is 2.56. The summed E-state index contributed by atoms with van der Waals surface area (Å²) in [6, 6.07) is 7.14. The van der Waals surface area contributed by atoms with Gasteiger partial charge in [0, 0.05) is 12.1 Å². The summed E-state index contributed by atoms with van der Waals surface area (Å²) < 4.78 is 5.31. The molecule has 1 saturated heterocycles. The Hall–Kier alpha value is -2.74. The van der Waals surface area contributed by atoms with Gasteiger partial charge >= 0.3 is 6.03 Å². The number of nitrogens with two attached hydrogens (primary N) is 1. The number of aromatic nitrogens is 2. The van der Waals surface area contributed by atoms with E-state index in [0.717, 1.165) is 17.5 Å². The highest BCUT2D eigenvalue weighted by Crippen LogP contribution is 2.46. The molecule has 0 radical (unpaired) electrons. The van der Waals surface area contributed by atoms with E-state index in [4.69, 9.17) is 10.3 Å². The van der Waals surface area contributed by atoms with E-state index in [-0.39, 0.29) is 23.8 Å². The number of carbonyl (C=O) groups excluding carboxylic acids is 2. The van der Waals surface area contributed by atoms with Gasteiger partial charge in [0.1, 0.15) is 12.1 Å². The van der Waals surface area contributed by atoms with E-state index in [0.29, 0.717) is 31.1 Å². The Bertz CT molecular complexity index is 936. The SMILES string of the molecule is CC1CC(C)(C)CC2(C1)NC(=O)N(Cc1nc(-c3ccc(CN)cc3)no1)C2=O. The number of rotatable bonds is 4. The van der Waals surface area contributed by atoms with Gasteiger partial charge in [-0.2, -0.15) is 4.98 Å². The van der Waals surface area contributed by atoms with E-state index in [9.17, 15) is 9.59 Å². The molecule has 1 aromatic heterocycles. The van der Waals surface area contributed by atoms with E-state index < -0.39 is 11.6 Å². The summed E-state index contributed by atoms with van der Waals surface area (Å²) in [6.07, 6.45) is 2.32. The average Bonchev–Trinajstić information content (AvgIpc) is 3.19. The Kier molecular flexibility index (Phi) is 4.69. The summed E-state index contributed by atoms with van der Waals surface area (Å²) in [5, 5.41) is 6.95. The van der Waals surface area contributed by atoms with Crippen molar-refractivity contribution < 1.29 is 14.1 Å². The third kappa shape index (κ3) is 3.64. The number of hydrogen-bond donors (Lipinski definition) is 2. The van der Waals surface area contributed by atoms with Crippen LogP contribution in [0.5, 0.6) is 0 Å². The summed E-state index contributed by atoms with van der Waals surface area (Å²) in [5.74, 6) is 0.799. The number of hydrogen-bond acceptors (Lipinski definition) is 6. The molecule has 1 aliphatic heterocycles. The number of nitrogens with zero attached hydrogens (tertiary/aromatic N) is 3. The third-order valence-corrected chi connectivity index (χ3v) is 5.83. The lowest BCUT2D eigenvalue weighted by Gasteiger charge is -2.43. The van der Waals surface area contributed by atoms with Crippen molar-refractivity contribution in [3.8, 4) is 11.4 Å². The minimum atomic E-state index is -0.834. The lowest BCUT2D eigenvalue weighted by atomic mass is 9.64. The highest BCUT2D eigenvalue weighted by atomic mass is 16.5. The predicted molar refractivity (Wildman–Crippen MR) is 106 cm³/mol. The number of benzene rings is 1. The molecule has 2 fully saturated rings. The highest BCUT2D eigenvalue weighted by molar-refractivity contribution is 6.07. The van der Waals surface area contributed by atoms with E-state index in [1.54, 1.807) is 0 Å². The molecular weight excluding hydrogens is 370 g/mol. The molecule has 8 nitrogen and oxygen atoms in total. The lowest BCUT2D eigenvalue weighted by Crippen LogP contribution is -2.54. The molecule has 2 aromatic rings. The molecule has 2 atom stereocenters. The second-order valence-corrected chi connectivity index (χ2v) is 9.17. The number of imide groups is 1. The topological polar surface area (TPSA) is 114 Å². The monoisotopic (exact) mass is 397 g/mol. The molecule has 2 heterocycles. The Morgan fingerprint density at radius 1 is 1.24 bits per heavy atom. The standard InChI is InChI=1S/C21H27N5O3/c1-13-8-20(2,3)12-21(9-13)18(27)26(19(28)24-21)11-16-23-17(25-29-16)15-6-4-14(10-22)5-7-15/h4-7,13H,8-12,22H2,1-3H3,(H,24,28). The fraction of sp³-hybridized carbons (Fsp3) is 0.524. The Morgan fingerprint density at radius 2 is 1.97 bits per heavy atom. The Balaban J connectivity index is 1.52. The van der Waals surface area contributed by atoms with Gasteiger partial charge in [0.05, 0.1) is 0 Å². The number of urea groups is 1. The van der Waals surface area contributed by atoms with Gasteiger partial charge in [-0.1, -0.05) is 50.2 Å². The smallest absolute Gasteiger partial charge is 0.325 e. The van der Waals surface area contributed by atoms with Gasteiger partial charge in [-0.15, -0.1) is 0 Å². The van der Waals surface area contributed by atoms with E-state index >= 15 is 0 Å². The first-order chi connectivity index (χ1) is 13.7. The summed E-state index contributed by atoms with van der Waals surface area (Å²) in [4.78, 5) is 31.4. The minimum absolute atomic E-state index is 0.00995. The quantitative estimate of drug-likeness (QED) is 0.767. The minimum Gasteiger partial charge on any atom is -0.337 e. The van der Waals surface area contributed by atoms with Crippen LogP contribution in [0.2, 0.25) is 0 Å². The zero-order valence-electron chi connectivity index (χ0n) is 17.1. The first-order valence-electron chi connectivity index (χ1n) is 9.97. The van der Waals surface area contributed by atoms with Crippen LogP contribution in [0, 0.1) is 11.3 Å². The van der Waals surface area contributed by atoms with Gasteiger partial charge in [-0.25, -0.2) is 4.79 Å². The van der Waals surface area contributed by atoms with E-state index in [1.165, 1.54) is 4.90 Å². The molecule has 154 valence electrons. The first-order valence-corrected chi connectivity index (χ1v) is 9.97. The first kappa shape index (κ1) is 19.6. The molecule has 1 aliphatic carbocycles. The normalized spacial score (nSPS) is 26.2. The molecular formula is C21H27N5O3. The van der Waals surface area contributed by atoms with Crippen LogP contribution in [0.4, 0.5) is 4.79 Å². The fourth-order valence-corrected chi connectivity index (χ4v) is 5.01. The van der Waals surface area contributed by atoms with Gasteiger partial charge in [0.15, 0.2) is 0 Å². The maximum absolute atomic E-state index is 13.2. The van der Waals surface area contributed by atoms with Crippen molar-refractivity contribution in [3.63, 3.8) is 0 Å². The van der Waals surface area contributed by atoms with E-state index in [1.807, 2.05) is 24.3 Å². The Labute approximate surface area is 169 Å². The molecule has 3 N–H and O–H groups in total. The molecule has 1 aromatic carbocycles. The van der Waals surface area contributed by atoms with Crippen molar-refractivity contribution in [2.24, 2.45) is 17.1 Å². The van der Waals surface area contributed by atoms with Crippen molar-refractivity contribution in [2.45, 2.75) is 58.7 Å². The second-order valence-electron chi connectivity index (χ2n) is 9.17. The average molecular weight is 397 g/mol. The fourth-order valence-electron chi connectivity index (χ4n) is 5.01. The van der Waals surface area contributed by atoms with Crippen LogP contribution in [0.15, 0.2) is 28.8 Å². The predicted octanol–water partition coefficient (Wildman–Crippen LogP) is 2.83. The molecule has 2 unspecified atom stereocenters. The van der Waals surface area contributed by atoms with Crippen molar-refractivity contribution in [1.82, 2.24) is 20.4 Å².